The van der Waals surface area contributed by atoms with Crippen molar-refractivity contribution in [3.8, 4) is 0 Å². The molecule has 120 valence electrons. The predicted octanol–water partition coefficient (Wildman–Crippen LogP) is 0.698. The third-order valence-corrected chi connectivity index (χ3v) is 3.42. The average Bonchev–Trinajstić information content (AvgIpc) is 2.55. The van der Waals surface area contributed by atoms with E-state index in [1.807, 2.05) is 30.3 Å². The van der Waals surface area contributed by atoms with Gasteiger partial charge in [-0.1, -0.05) is 30.3 Å². The fraction of sp³-hybridized carbons (Fsp3) is 0.467. The van der Waals surface area contributed by atoms with Gasteiger partial charge in [0.05, 0.1) is 13.2 Å². The first-order valence-corrected chi connectivity index (χ1v) is 7.16. The molecule has 0 aliphatic carbocycles. The number of carbonyl (C=O) groups excluding carboxylic acids is 1. The van der Waals surface area contributed by atoms with Crippen LogP contribution < -0.4 is 5.32 Å². The van der Waals surface area contributed by atoms with Crippen LogP contribution in [0.25, 0.3) is 0 Å². The van der Waals surface area contributed by atoms with E-state index in [1.165, 1.54) is 0 Å². The Morgan fingerprint density at radius 3 is 2.59 bits per heavy atom. The first-order chi connectivity index (χ1) is 10.7. The van der Waals surface area contributed by atoms with E-state index < -0.39 is 18.1 Å². The highest BCUT2D eigenvalue weighted by Gasteiger charge is 2.27. The smallest absolute Gasteiger partial charge is 0.407 e. The Bertz CT molecular complexity index is 488. The van der Waals surface area contributed by atoms with Crippen molar-refractivity contribution in [3.63, 3.8) is 0 Å². The Morgan fingerprint density at radius 1 is 1.27 bits per heavy atom. The van der Waals surface area contributed by atoms with Crippen LogP contribution in [0.1, 0.15) is 5.56 Å². The van der Waals surface area contributed by atoms with Crippen LogP contribution in [0.2, 0.25) is 0 Å². The average molecular weight is 308 g/mol. The Hall–Kier alpha value is -2.12. The molecule has 0 saturated carbocycles. The summed E-state index contributed by atoms with van der Waals surface area (Å²) in [6.45, 7) is 2.24. The number of nitrogens with zero attached hydrogens (tertiary/aromatic N) is 1. The molecule has 1 unspecified atom stereocenters. The molecule has 1 fully saturated rings. The lowest BCUT2D eigenvalue weighted by molar-refractivity contribution is -0.144. The molecule has 0 aromatic heterocycles. The third-order valence-electron chi connectivity index (χ3n) is 3.42. The number of hydrogen-bond acceptors (Lipinski definition) is 5. The van der Waals surface area contributed by atoms with Crippen LogP contribution in [0.3, 0.4) is 0 Å². The van der Waals surface area contributed by atoms with Gasteiger partial charge in [0.2, 0.25) is 0 Å². The molecule has 1 atom stereocenters. The van der Waals surface area contributed by atoms with E-state index in [1.54, 1.807) is 4.90 Å². The fourth-order valence-corrected chi connectivity index (χ4v) is 2.22. The van der Waals surface area contributed by atoms with Crippen LogP contribution in [0.4, 0.5) is 4.79 Å². The molecular weight excluding hydrogens is 288 g/mol. The van der Waals surface area contributed by atoms with Gasteiger partial charge in [0.1, 0.15) is 12.6 Å². The van der Waals surface area contributed by atoms with Gasteiger partial charge in [-0.15, -0.1) is 0 Å². The summed E-state index contributed by atoms with van der Waals surface area (Å²) < 4.78 is 10.3. The number of morpholine rings is 1. The first-order valence-electron chi connectivity index (χ1n) is 7.16. The number of alkyl carbamates (subject to hydrolysis) is 1. The Labute approximate surface area is 128 Å². The van der Waals surface area contributed by atoms with Gasteiger partial charge in [-0.05, 0) is 5.56 Å². The van der Waals surface area contributed by atoms with Gasteiger partial charge in [0.15, 0.2) is 0 Å². The second-order valence-corrected chi connectivity index (χ2v) is 4.95. The van der Waals surface area contributed by atoms with Gasteiger partial charge in [-0.3, -0.25) is 9.69 Å². The van der Waals surface area contributed by atoms with E-state index in [0.717, 1.165) is 5.56 Å². The zero-order valence-electron chi connectivity index (χ0n) is 12.2. The highest BCUT2D eigenvalue weighted by Crippen LogP contribution is 2.04. The summed E-state index contributed by atoms with van der Waals surface area (Å²) >= 11 is 0. The molecule has 22 heavy (non-hydrogen) atoms. The van der Waals surface area contributed by atoms with Crippen molar-refractivity contribution in [3.05, 3.63) is 35.9 Å². The minimum Gasteiger partial charge on any atom is -0.480 e. The normalized spacial score (nSPS) is 16.7. The molecule has 0 spiro atoms. The monoisotopic (exact) mass is 308 g/mol. The predicted molar refractivity (Wildman–Crippen MR) is 78.4 cm³/mol. The van der Waals surface area contributed by atoms with Crippen LogP contribution in [0.15, 0.2) is 30.3 Å². The molecule has 0 bridgehead atoms. The summed E-state index contributed by atoms with van der Waals surface area (Å²) in [5, 5.41) is 11.8. The van der Waals surface area contributed by atoms with Crippen molar-refractivity contribution in [2.45, 2.75) is 12.6 Å². The highest BCUT2D eigenvalue weighted by molar-refractivity contribution is 5.75. The van der Waals surface area contributed by atoms with E-state index in [0.29, 0.717) is 26.3 Å². The first kappa shape index (κ1) is 16.3. The molecule has 2 N–H and O–H groups in total. The highest BCUT2D eigenvalue weighted by atomic mass is 16.5. The number of rotatable bonds is 6. The molecule has 1 aliphatic heterocycles. The van der Waals surface area contributed by atoms with Gasteiger partial charge >= 0.3 is 12.1 Å². The van der Waals surface area contributed by atoms with E-state index in [9.17, 15) is 14.7 Å². The van der Waals surface area contributed by atoms with Crippen molar-refractivity contribution in [1.82, 2.24) is 10.2 Å². The summed E-state index contributed by atoms with van der Waals surface area (Å²) in [7, 11) is 0. The summed E-state index contributed by atoms with van der Waals surface area (Å²) in [6, 6.07) is 8.52. The Kier molecular flexibility index (Phi) is 6.17. The standard InChI is InChI=1S/C15H20N2O5/c18-14(19)13(17-6-8-21-9-7-17)10-16-15(20)22-11-12-4-2-1-3-5-12/h1-5,13H,6-11H2,(H,16,20)(H,18,19). The van der Waals surface area contributed by atoms with Crippen molar-refractivity contribution in [2.75, 3.05) is 32.8 Å². The molecule has 2 rings (SSSR count). The van der Waals surface area contributed by atoms with Crippen molar-refractivity contribution in [1.29, 1.82) is 0 Å². The number of carbonyl (C=O) groups is 2. The fourth-order valence-electron chi connectivity index (χ4n) is 2.22. The van der Waals surface area contributed by atoms with E-state index in [-0.39, 0.29) is 13.2 Å². The summed E-state index contributed by atoms with van der Waals surface area (Å²) in [5.41, 5.74) is 0.876. The van der Waals surface area contributed by atoms with E-state index in [4.69, 9.17) is 9.47 Å². The number of nitrogens with one attached hydrogen (secondary N) is 1. The second kappa shape index (κ2) is 8.35. The van der Waals surface area contributed by atoms with Crippen molar-refractivity contribution < 1.29 is 24.2 Å². The molecule has 7 nitrogen and oxygen atoms in total. The number of carboxylic acid groups (broad SMARTS) is 1. The topological polar surface area (TPSA) is 88.1 Å². The Balaban J connectivity index is 1.76. The quantitative estimate of drug-likeness (QED) is 0.804. The van der Waals surface area contributed by atoms with Crippen LogP contribution >= 0.6 is 0 Å². The van der Waals surface area contributed by atoms with Gasteiger partial charge in [0.25, 0.3) is 0 Å². The van der Waals surface area contributed by atoms with Gasteiger partial charge in [0, 0.05) is 19.6 Å². The van der Waals surface area contributed by atoms with Crippen LogP contribution in [-0.4, -0.2) is 61.0 Å². The molecule has 1 saturated heterocycles. The molecular formula is C15H20N2O5. The number of carboxylic acids is 1. The van der Waals surface area contributed by atoms with Crippen molar-refractivity contribution in [2.24, 2.45) is 0 Å². The maximum atomic E-state index is 11.7. The summed E-state index contributed by atoms with van der Waals surface area (Å²) in [6.07, 6.45) is -0.622. The molecule has 1 aliphatic rings. The van der Waals surface area contributed by atoms with Crippen LogP contribution in [-0.2, 0) is 20.9 Å². The maximum Gasteiger partial charge on any atom is 0.407 e. The number of ether oxygens (including phenoxy) is 2. The van der Waals surface area contributed by atoms with E-state index in [2.05, 4.69) is 5.32 Å². The molecule has 1 amide bonds. The third kappa shape index (κ3) is 5.01. The van der Waals surface area contributed by atoms with Gasteiger partial charge < -0.3 is 19.9 Å². The second-order valence-electron chi connectivity index (χ2n) is 4.95. The van der Waals surface area contributed by atoms with Gasteiger partial charge in [-0.25, -0.2) is 4.79 Å². The lowest BCUT2D eigenvalue weighted by Gasteiger charge is -2.31. The minimum atomic E-state index is -0.967. The number of aliphatic carboxylic acids is 1. The number of benzene rings is 1. The largest absolute Gasteiger partial charge is 0.480 e. The van der Waals surface area contributed by atoms with Crippen LogP contribution in [0, 0.1) is 0 Å². The maximum absolute atomic E-state index is 11.7. The molecule has 1 heterocycles. The van der Waals surface area contributed by atoms with Crippen molar-refractivity contribution >= 4 is 12.1 Å². The lowest BCUT2D eigenvalue weighted by Crippen LogP contribution is -2.52. The summed E-state index contributed by atoms with van der Waals surface area (Å²) in [5.74, 6) is -0.967. The SMILES string of the molecule is O=C(NCC(C(=O)O)N1CCOCC1)OCc1ccccc1. The molecule has 1 aromatic rings. The van der Waals surface area contributed by atoms with E-state index >= 15 is 0 Å². The summed E-state index contributed by atoms with van der Waals surface area (Å²) in [4.78, 5) is 24.8. The molecule has 0 radical (unpaired) electrons. The van der Waals surface area contributed by atoms with Gasteiger partial charge in [-0.2, -0.15) is 0 Å². The number of amides is 1. The zero-order valence-corrected chi connectivity index (χ0v) is 12.2. The Morgan fingerprint density at radius 2 is 1.95 bits per heavy atom. The lowest BCUT2D eigenvalue weighted by atomic mass is 10.2. The number of hydrogen-bond donors (Lipinski definition) is 2. The zero-order chi connectivity index (χ0) is 15.8. The van der Waals surface area contributed by atoms with Crippen LogP contribution in [0.5, 0.6) is 0 Å². The molecule has 1 aromatic carbocycles. The minimum absolute atomic E-state index is 0.00293. The molecule has 7 heteroatoms.